The molecule has 0 aliphatic carbocycles. The van der Waals surface area contributed by atoms with Crippen molar-refractivity contribution in [3.05, 3.63) is 22.2 Å². The molecular formula is C11H13ClO5. The fraction of sp³-hybridized carbons (Fsp3) is 0.364. The summed E-state index contributed by atoms with van der Waals surface area (Å²) in [5, 5.41) is 18.8. The van der Waals surface area contributed by atoms with Crippen LogP contribution in [-0.4, -0.2) is 30.4 Å². The van der Waals surface area contributed by atoms with Gasteiger partial charge in [-0.3, -0.25) is 0 Å². The van der Waals surface area contributed by atoms with E-state index < -0.39 is 12.1 Å². The summed E-state index contributed by atoms with van der Waals surface area (Å²) in [4.78, 5) is 10.8. The molecule has 1 atom stereocenters. The molecule has 0 radical (unpaired) electrons. The van der Waals surface area contributed by atoms with Crippen LogP contribution < -0.4 is 9.47 Å². The third-order valence-electron chi connectivity index (χ3n) is 2.42. The fourth-order valence-electron chi connectivity index (χ4n) is 1.54. The van der Waals surface area contributed by atoms with Gasteiger partial charge in [0.25, 0.3) is 0 Å². The van der Waals surface area contributed by atoms with Crippen LogP contribution in [0.2, 0.25) is 5.02 Å². The van der Waals surface area contributed by atoms with Gasteiger partial charge in [0.2, 0.25) is 0 Å². The number of carboxylic acids is 1. The number of carboxylic acid groups (broad SMARTS) is 1. The monoisotopic (exact) mass is 260 g/mol. The number of aliphatic hydroxyl groups is 1. The van der Waals surface area contributed by atoms with E-state index >= 15 is 0 Å². The standard InChI is InChI=1S/C11H13ClO5/c1-5-6(12)4-7(16-2)10(17-3)8(5)9(13)11(14)15/h4,9,13H,1-3H3,(H,14,15). The first-order valence-electron chi connectivity index (χ1n) is 4.75. The third kappa shape index (κ3) is 2.45. The number of methoxy groups -OCH3 is 2. The van der Waals surface area contributed by atoms with Gasteiger partial charge in [-0.25, -0.2) is 4.79 Å². The summed E-state index contributed by atoms with van der Waals surface area (Å²) in [6.07, 6.45) is -1.71. The van der Waals surface area contributed by atoms with Crippen LogP contribution in [-0.2, 0) is 4.79 Å². The summed E-state index contributed by atoms with van der Waals surface area (Å²) in [7, 11) is 2.77. The van der Waals surface area contributed by atoms with Gasteiger partial charge in [0.05, 0.1) is 14.2 Å². The number of halogens is 1. The fourth-order valence-corrected chi connectivity index (χ4v) is 1.74. The largest absolute Gasteiger partial charge is 0.493 e. The average molecular weight is 261 g/mol. The average Bonchev–Trinajstić information content (AvgIpc) is 2.30. The lowest BCUT2D eigenvalue weighted by atomic mass is 10.0. The number of hydrogen-bond acceptors (Lipinski definition) is 4. The normalized spacial score (nSPS) is 12.1. The van der Waals surface area contributed by atoms with Crippen molar-refractivity contribution in [3.63, 3.8) is 0 Å². The molecule has 0 bridgehead atoms. The second-order valence-electron chi connectivity index (χ2n) is 3.37. The first-order valence-corrected chi connectivity index (χ1v) is 5.13. The summed E-state index contributed by atoms with van der Waals surface area (Å²) in [5.74, 6) is -0.932. The highest BCUT2D eigenvalue weighted by Gasteiger charge is 2.26. The second-order valence-corrected chi connectivity index (χ2v) is 3.78. The minimum absolute atomic E-state index is 0.101. The van der Waals surface area contributed by atoms with Crippen molar-refractivity contribution in [2.75, 3.05) is 14.2 Å². The molecule has 94 valence electrons. The molecule has 5 nitrogen and oxygen atoms in total. The van der Waals surface area contributed by atoms with Gasteiger partial charge in [-0.15, -0.1) is 0 Å². The maximum absolute atomic E-state index is 10.8. The van der Waals surface area contributed by atoms with Crippen molar-refractivity contribution in [2.24, 2.45) is 0 Å². The van der Waals surface area contributed by atoms with E-state index in [4.69, 9.17) is 26.2 Å². The lowest BCUT2D eigenvalue weighted by molar-refractivity contribution is -0.147. The summed E-state index contributed by atoms with van der Waals surface area (Å²) in [6.45, 7) is 1.60. The lowest BCUT2D eigenvalue weighted by Crippen LogP contribution is -2.14. The number of ether oxygens (including phenoxy) is 2. The lowest BCUT2D eigenvalue weighted by Gasteiger charge is -2.18. The zero-order chi connectivity index (χ0) is 13.2. The van der Waals surface area contributed by atoms with Crippen molar-refractivity contribution in [3.8, 4) is 11.5 Å². The topological polar surface area (TPSA) is 76.0 Å². The zero-order valence-corrected chi connectivity index (χ0v) is 10.4. The highest BCUT2D eigenvalue weighted by atomic mass is 35.5. The molecular weight excluding hydrogens is 248 g/mol. The molecule has 6 heteroatoms. The minimum Gasteiger partial charge on any atom is -0.493 e. The Morgan fingerprint density at radius 2 is 2.00 bits per heavy atom. The maximum atomic E-state index is 10.8. The van der Waals surface area contributed by atoms with Crippen molar-refractivity contribution in [1.29, 1.82) is 0 Å². The number of benzene rings is 1. The van der Waals surface area contributed by atoms with E-state index in [1.165, 1.54) is 20.3 Å². The first kappa shape index (κ1) is 13.6. The van der Waals surface area contributed by atoms with E-state index in [0.29, 0.717) is 10.6 Å². The Bertz CT molecular complexity index is 444. The van der Waals surface area contributed by atoms with Crippen molar-refractivity contribution in [1.82, 2.24) is 0 Å². The Hall–Kier alpha value is -1.46. The molecule has 0 saturated heterocycles. The molecule has 1 aromatic carbocycles. The number of rotatable bonds is 4. The molecule has 1 aromatic rings. The predicted molar refractivity (Wildman–Crippen MR) is 61.9 cm³/mol. The minimum atomic E-state index is -1.71. The molecule has 1 rings (SSSR count). The number of aliphatic hydroxyl groups excluding tert-OH is 1. The second kappa shape index (κ2) is 5.25. The SMILES string of the molecule is COc1cc(Cl)c(C)c(C(O)C(=O)O)c1OC. The quantitative estimate of drug-likeness (QED) is 0.863. The third-order valence-corrected chi connectivity index (χ3v) is 2.81. The van der Waals surface area contributed by atoms with E-state index in [0.717, 1.165) is 0 Å². The molecule has 0 aliphatic heterocycles. The molecule has 0 spiro atoms. The summed E-state index contributed by atoms with van der Waals surface area (Å²) >= 11 is 5.94. The predicted octanol–water partition coefficient (Wildman–Crippen LogP) is 1.78. The summed E-state index contributed by atoms with van der Waals surface area (Å²) in [5.41, 5.74) is 0.545. The Labute approximate surface area is 104 Å². The molecule has 2 N–H and O–H groups in total. The summed E-state index contributed by atoms with van der Waals surface area (Å²) < 4.78 is 10.1. The van der Waals surface area contributed by atoms with Crippen LogP contribution >= 0.6 is 11.6 Å². The highest BCUT2D eigenvalue weighted by Crippen LogP contribution is 2.40. The van der Waals surface area contributed by atoms with Gasteiger partial charge >= 0.3 is 5.97 Å². The van der Waals surface area contributed by atoms with Gasteiger partial charge in [-0.2, -0.15) is 0 Å². The van der Waals surface area contributed by atoms with Crippen LogP contribution in [0.3, 0.4) is 0 Å². The van der Waals surface area contributed by atoms with Gasteiger partial charge in [0, 0.05) is 16.7 Å². The number of hydrogen-bond donors (Lipinski definition) is 2. The molecule has 1 unspecified atom stereocenters. The van der Waals surface area contributed by atoms with Gasteiger partial charge in [0.1, 0.15) is 0 Å². The van der Waals surface area contributed by atoms with Crippen molar-refractivity contribution < 1.29 is 24.5 Å². The molecule has 0 heterocycles. The van der Waals surface area contributed by atoms with E-state index in [1.807, 2.05) is 0 Å². The van der Waals surface area contributed by atoms with Crippen molar-refractivity contribution in [2.45, 2.75) is 13.0 Å². The van der Waals surface area contributed by atoms with Gasteiger partial charge in [0.15, 0.2) is 17.6 Å². The van der Waals surface area contributed by atoms with Crippen LogP contribution in [0.1, 0.15) is 17.2 Å². The van der Waals surface area contributed by atoms with Crippen LogP contribution in [0.15, 0.2) is 6.07 Å². The molecule has 0 aliphatic rings. The van der Waals surface area contributed by atoms with Gasteiger partial charge in [-0.1, -0.05) is 11.6 Å². The Kier molecular flexibility index (Phi) is 4.20. The van der Waals surface area contributed by atoms with Crippen LogP contribution in [0.5, 0.6) is 11.5 Å². The van der Waals surface area contributed by atoms with E-state index in [-0.39, 0.29) is 17.1 Å². The van der Waals surface area contributed by atoms with Crippen LogP contribution in [0, 0.1) is 6.92 Å². The summed E-state index contributed by atoms with van der Waals surface area (Å²) in [6, 6.07) is 1.51. The zero-order valence-electron chi connectivity index (χ0n) is 9.65. The Morgan fingerprint density at radius 1 is 1.41 bits per heavy atom. The van der Waals surface area contributed by atoms with Crippen molar-refractivity contribution >= 4 is 17.6 Å². The Morgan fingerprint density at radius 3 is 2.41 bits per heavy atom. The van der Waals surface area contributed by atoms with E-state index in [2.05, 4.69) is 0 Å². The number of aliphatic carboxylic acids is 1. The molecule has 0 saturated carbocycles. The van der Waals surface area contributed by atoms with Crippen LogP contribution in [0.4, 0.5) is 0 Å². The van der Waals surface area contributed by atoms with E-state index in [1.54, 1.807) is 6.92 Å². The van der Waals surface area contributed by atoms with Gasteiger partial charge < -0.3 is 19.7 Å². The maximum Gasteiger partial charge on any atom is 0.337 e. The van der Waals surface area contributed by atoms with Crippen LogP contribution in [0.25, 0.3) is 0 Å². The smallest absolute Gasteiger partial charge is 0.337 e. The van der Waals surface area contributed by atoms with E-state index in [9.17, 15) is 9.90 Å². The first-order chi connectivity index (χ1) is 7.93. The van der Waals surface area contributed by atoms with Gasteiger partial charge in [-0.05, 0) is 12.5 Å². The number of carbonyl (C=O) groups is 1. The molecule has 0 amide bonds. The molecule has 0 fully saturated rings. The highest BCUT2D eigenvalue weighted by molar-refractivity contribution is 6.31. The molecule has 0 aromatic heterocycles. The Balaban J connectivity index is 3.53. The molecule has 17 heavy (non-hydrogen) atoms.